The highest BCUT2D eigenvalue weighted by molar-refractivity contribution is 5.95. The molecule has 0 radical (unpaired) electrons. The summed E-state index contributed by atoms with van der Waals surface area (Å²) in [5.41, 5.74) is 3.30. The summed E-state index contributed by atoms with van der Waals surface area (Å²) in [7, 11) is 2.57. The van der Waals surface area contributed by atoms with Crippen LogP contribution in [0.5, 0.6) is 0 Å². The van der Waals surface area contributed by atoms with Crippen molar-refractivity contribution >= 4 is 40.8 Å². The lowest BCUT2D eigenvalue weighted by molar-refractivity contribution is -0.384. The van der Waals surface area contributed by atoms with Crippen molar-refractivity contribution < 1.29 is 24.0 Å². The number of pyridine rings is 1. The first kappa shape index (κ1) is 21.4. The smallest absolute Gasteiger partial charge is 0.330 e. The molecule has 0 aliphatic rings. The summed E-state index contributed by atoms with van der Waals surface area (Å²) < 4.78 is 11.0. The van der Waals surface area contributed by atoms with Crippen molar-refractivity contribution in [1.29, 1.82) is 0 Å². The second kappa shape index (κ2) is 9.04. The van der Waals surface area contributed by atoms with Crippen LogP contribution >= 0.6 is 0 Å². The van der Waals surface area contributed by atoms with Crippen LogP contribution in [-0.2, 0) is 19.1 Å². The number of aryl methyl sites for hydroxylation is 1. The molecule has 0 fully saturated rings. The van der Waals surface area contributed by atoms with Gasteiger partial charge in [0.15, 0.2) is 0 Å². The summed E-state index contributed by atoms with van der Waals surface area (Å²) in [6.45, 7) is 1.77. The zero-order chi connectivity index (χ0) is 22.5. The summed E-state index contributed by atoms with van der Waals surface area (Å²) in [6.07, 6.45) is 9.11. The van der Waals surface area contributed by atoms with Crippen molar-refractivity contribution in [2.75, 3.05) is 14.2 Å². The molecule has 0 atom stereocenters. The Morgan fingerprint density at radius 2 is 1.77 bits per heavy atom. The number of carbonyl (C=O) groups is 2. The second-order valence-electron chi connectivity index (χ2n) is 6.54. The molecule has 0 saturated carbocycles. The van der Waals surface area contributed by atoms with E-state index in [1.54, 1.807) is 42.1 Å². The maximum absolute atomic E-state index is 11.6. The number of fused-ring (bicyclic) bond motifs is 1. The van der Waals surface area contributed by atoms with Crippen molar-refractivity contribution in [1.82, 2.24) is 9.55 Å². The molecule has 0 aliphatic carbocycles. The van der Waals surface area contributed by atoms with E-state index in [0.29, 0.717) is 33.4 Å². The third kappa shape index (κ3) is 4.67. The number of non-ortho nitro benzene ring substituents is 1. The van der Waals surface area contributed by atoms with Crippen LogP contribution in [0.2, 0.25) is 0 Å². The molecule has 0 saturated heterocycles. The third-order valence-electron chi connectivity index (χ3n) is 4.56. The maximum atomic E-state index is 11.6. The van der Waals surface area contributed by atoms with E-state index in [1.165, 1.54) is 38.5 Å². The van der Waals surface area contributed by atoms with Gasteiger partial charge in [-0.1, -0.05) is 0 Å². The first-order chi connectivity index (χ1) is 14.8. The molecule has 0 unspecified atom stereocenters. The van der Waals surface area contributed by atoms with Crippen LogP contribution in [0.1, 0.15) is 16.7 Å². The van der Waals surface area contributed by atoms with Gasteiger partial charge >= 0.3 is 11.9 Å². The first-order valence-electron chi connectivity index (χ1n) is 9.12. The van der Waals surface area contributed by atoms with Crippen molar-refractivity contribution in [2.45, 2.75) is 6.92 Å². The molecule has 158 valence electrons. The number of ether oxygens (including phenoxy) is 2. The molecule has 0 N–H and O–H groups in total. The van der Waals surface area contributed by atoms with Crippen LogP contribution in [0.15, 0.2) is 48.8 Å². The summed E-state index contributed by atoms with van der Waals surface area (Å²) >= 11 is 0. The van der Waals surface area contributed by atoms with E-state index in [4.69, 9.17) is 0 Å². The Balaban J connectivity index is 2.17. The minimum atomic E-state index is -0.512. The van der Waals surface area contributed by atoms with Gasteiger partial charge < -0.3 is 14.0 Å². The lowest BCUT2D eigenvalue weighted by atomic mass is 10.1. The van der Waals surface area contributed by atoms with Gasteiger partial charge in [0.25, 0.3) is 5.69 Å². The Morgan fingerprint density at radius 3 is 2.39 bits per heavy atom. The summed E-state index contributed by atoms with van der Waals surface area (Å²) in [5.74, 6) is -1.01. The quantitative estimate of drug-likeness (QED) is 0.258. The van der Waals surface area contributed by atoms with E-state index >= 15 is 0 Å². The van der Waals surface area contributed by atoms with Gasteiger partial charge in [-0.25, -0.2) is 14.6 Å². The summed E-state index contributed by atoms with van der Waals surface area (Å²) in [4.78, 5) is 38.1. The van der Waals surface area contributed by atoms with Gasteiger partial charge in [0.1, 0.15) is 5.65 Å². The van der Waals surface area contributed by atoms with Gasteiger partial charge in [-0.05, 0) is 42.3 Å². The first-order valence-corrected chi connectivity index (χ1v) is 9.12. The predicted octanol–water partition coefficient (Wildman–Crippen LogP) is 3.61. The number of nitro benzene ring substituents is 1. The van der Waals surface area contributed by atoms with Crippen molar-refractivity contribution in [3.63, 3.8) is 0 Å². The predicted molar refractivity (Wildman–Crippen MR) is 115 cm³/mol. The molecule has 9 heteroatoms. The number of rotatable bonds is 6. The SMILES string of the molecule is COC(=O)/C=C/c1cnc2c(c1)c(/C=C/C(=O)OC)cn2-c1ccc([N+](=O)[O-])cc1C. The summed E-state index contributed by atoms with van der Waals surface area (Å²) in [6, 6.07) is 6.37. The van der Waals surface area contributed by atoms with Crippen molar-refractivity contribution in [3.05, 3.63) is 75.6 Å². The molecular weight excluding hydrogens is 402 g/mol. The van der Waals surface area contributed by atoms with Gasteiger partial charge in [-0.15, -0.1) is 0 Å². The Hall–Kier alpha value is -4.27. The number of hydrogen-bond donors (Lipinski definition) is 0. The Bertz CT molecular complexity index is 1240. The third-order valence-corrected chi connectivity index (χ3v) is 4.56. The number of nitrogens with zero attached hydrogens (tertiary/aromatic N) is 3. The molecule has 2 aromatic heterocycles. The standard InChI is InChI=1S/C22H19N3O6/c1-14-10-17(25(28)29)6-7-19(14)24-13-16(5-9-21(27)31-3)18-11-15(12-23-22(18)24)4-8-20(26)30-2/h4-13H,1-3H3/b8-4+,9-5+. The number of benzene rings is 1. The number of methoxy groups -OCH3 is 2. The normalized spacial score (nSPS) is 11.3. The fraction of sp³-hybridized carbons (Fsp3) is 0.136. The van der Waals surface area contributed by atoms with E-state index in [2.05, 4.69) is 14.5 Å². The lowest BCUT2D eigenvalue weighted by Gasteiger charge is -2.08. The number of nitro groups is 1. The highest BCUT2D eigenvalue weighted by Gasteiger charge is 2.15. The molecule has 1 aromatic carbocycles. The molecule has 9 nitrogen and oxygen atoms in total. The Kier molecular flexibility index (Phi) is 6.25. The van der Waals surface area contributed by atoms with E-state index in [-0.39, 0.29) is 5.69 Å². The highest BCUT2D eigenvalue weighted by atomic mass is 16.6. The van der Waals surface area contributed by atoms with Gasteiger partial charge in [0, 0.05) is 47.6 Å². The second-order valence-corrected chi connectivity index (χ2v) is 6.54. The molecule has 3 aromatic rings. The minimum absolute atomic E-state index is 0.00767. The van der Waals surface area contributed by atoms with Crippen molar-refractivity contribution in [3.8, 4) is 5.69 Å². The summed E-state index contributed by atoms with van der Waals surface area (Å²) in [5, 5.41) is 11.8. The van der Waals surface area contributed by atoms with Crippen LogP contribution in [0, 0.1) is 17.0 Å². The Morgan fingerprint density at radius 1 is 1.10 bits per heavy atom. The largest absolute Gasteiger partial charge is 0.466 e. The van der Waals surface area contributed by atoms with Crippen LogP contribution in [0.25, 0.3) is 28.9 Å². The molecule has 2 heterocycles. The molecule has 0 amide bonds. The fourth-order valence-electron chi connectivity index (χ4n) is 3.04. The van der Waals surface area contributed by atoms with Crippen molar-refractivity contribution in [2.24, 2.45) is 0 Å². The van der Waals surface area contributed by atoms with Gasteiger partial charge in [-0.2, -0.15) is 0 Å². The average Bonchev–Trinajstić information content (AvgIpc) is 3.13. The lowest BCUT2D eigenvalue weighted by Crippen LogP contribution is -1.98. The van der Waals surface area contributed by atoms with E-state index in [1.807, 2.05) is 6.07 Å². The monoisotopic (exact) mass is 421 g/mol. The number of aromatic nitrogens is 2. The molecule has 0 aliphatic heterocycles. The van der Waals surface area contributed by atoms with Gasteiger partial charge in [0.05, 0.1) is 24.8 Å². The number of carbonyl (C=O) groups excluding carboxylic acids is 2. The molecule has 31 heavy (non-hydrogen) atoms. The van der Waals surface area contributed by atoms with Gasteiger partial charge in [-0.3, -0.25) is 10.1 Å². The number of hydrogen-bond acceptors (Lipinski definition) is 7. The topological polar surface area (TPSA) is 114 Å². The van der Waals surface area contributed by atoms with Crippen LogP contribution < -0.4 is 0 Å². The zero-order valence-electron chi connectivity index (χ0n) is 17.1. The van der Waals surface area contributed by atoms with E-state index in [9.17, 15) is 19.7 Å². The fourth-order valence-corrected chi connectivity index (χ4v) is 3.04. The average molecular weight is 421 g/mol. The maximum Gasteiger partial charge on any atom is 0.330 e. The molecule has 0 bridgehead atoms. The van der Waals surface area contributed by atoms with E-state index in [0.717, 1.165) is 0 Å². The van der Waals surface area contributed by atoms with Crippen LogP contribution in [0.4, 0.5) is 5.69 Å². The minimum Gasteiger partial charge on any atom is -0.466 e. The zero-order valence-corrected chi connectivity index (χ0v) is 17.1. The molecule has 0 spiro atoms. The van der Waals surface area contributed by atoms with Crippen LogP contribution in [0.3, 0.4) is 0 Å². The van der Waals surface area contributed by atoms with Crippen LogP contribution in [-0.4, -0.2) is 40.6 Å². The molecular formula is C22H19N3O6. The number of esters is 2. The van der Waals surface area contributed by atoms with E-state index < -0.39 is 16.9 Å². The highest BCUT2D eigenvalue weighted by Crippen LogP contribution is 2.29. The molecule has 3 rings (SSSR count). The van der Waals surface area contributed by atoms with Gasteiger partial charge in [0.2, 0.25) is 0 Å². The Labute approximate surface area is 177 Å².